The Labute approximate surface area is 124 Å². The Kier molecular flexibility index (Phi) is 5.39. The molecular weight excluding hydrogens is 264 g/mol. The number of hydrogen-bond donors (Lipinski definition) is 1. The highest BCUT2D eigenvalue weighted by atomic mass is 16.5. The van der Waals surface area contributed by atoms with Crippen molar-refractivity contribution in [2.45, 2.75) is 32.6 Å². The van der Waals surface area contributed by atoms with Crippen LogP contribution in [0.5, 0.6) is 0 Å². The molecule has 0 amide bonds. The summed E-state index contributed by atoms with van der Waals surface area (Å²) in [6.45, 7) is 9.72. The molecule has 21 heavy (non-hydrogen) atoms. The molecule has 4 heteroatoms. The first-order valence-electron chi connectivity index (χ1n) is 7.33. The summed E-state index contributed by atoms with van der Waals surface area (Å²) in [5.41, 5.74) is 3.46. The molecule has 0 radical (unpaired) electrons. The van der Waals surface area contributed by atoms with Crippen molar-refractivity contribution < 1.29 is 9.53 Å². The van der Waals surface area contributed by atoms with Crippen LogP contribution in [0.3, 0.4) is 0 Å². The number of H-pyrrole nitrogens is 1. The second-order valence-corrected chi connectivity index (χ2v) is 4.92. The van der Waals surface area contributed by atoms with Crippen LogP contribution in [-0.2, 0) is 22.4 Å². The van der Waals surface area contributed by atoms with Crippen molar-refractivity contribution in [2.75, 3.05) is 13.2 Å². The van der Waals surface area contributed by atoms with Crippen LogP contribution in [0.4, 0.5) is 0 Å². The van der Waals surface area contributed by atoms with E-state index >= 15 is 0 Å². The standard InChI is InChI=1S/C17H20N2O2/c1-3-21-17(20)10-6-9-16-14(11-12-18-2)13-7-4-5-8-15(13)19-16/h4-5,7-8,19H,3,6,9-12H2,1H3. The molecule has 1 heterocycles. The van der Waals surface area contributed by atoms with Crippen LogP contribution in [0.25, 0.3) is 15.7 Å². The minimum Gasteiger partial charge on any atom is -0.466 e. The number of aromatic nitrogens is 1. The van der Waals surface area contributed by atoms with Crippen LogP contribution in [0.2, 0.25) is 0 Å². The number of aryl methyl sites for hydroxylation is 1. The summed E-state index contributed by atoms with van der Waals surface area (Å²) in [7, 11) is 0. The van der Waals surface area contributed by atoms with Gasteiger partial charge in [0.1, 0.15) is 0 Å². The fourth-order valence-corrected chi connectivity index (χ4v) is 2.57. The van der Waals surface area contributed by atoms with Gasteiger partial charge in [0.15, 0.2) is 0 Å². The number of benzene rings is 1. The van der Waals surface area contributed by atoms with Crippen LogP contribution in [0.15, 0.2) is 24.3 Å². The van der Waals surface area contributed by atoms with Crippen LogP contribution >= 0.6 is 0 Å². The summed E-state index contributed by atoms with van der Waals surface area (Å²) in [5, 5.41) is 1.19. The maximum atomic E-state index is 11.4. The third kappa shape index (κ3) is 3.85. The Morgan fingerprint density at radius 1 is 1.33 bits per heavy atom. The monoisotopic (exact) mass is 284 g/mol. The Morgan fingerprint density at radius 2 is 2.14 bits per heavy atom. The van der Waals surface area contributed by atoms with Crippen molar-refractivity contribution in [1.29, 1.82) is 0 Å². The number of hydrogen-bond acceptors (Lipinski definition) is 2. The third-order valence-electron chi connectivity index (χ3n) is 3.49. The maximum absolute atomic E-state index is 11.4. The van der Waals surface area contributed by atoms with E-state index < -0.39 is 0 Å². The highest BCUT2D eigenvalue weighted by Crippen LogP contribution is 2.24. The number of carbonyl (C=O) groups is 1. The Balaban J connectivity index is 2.10. The molecule has 0 saturated carbocycles. The van der Waals surface area contributed by atoms with E-state index in [0.29, 0.717) is 19.6 Å². The van der Waals surface area contributed by atoms with E-state index in [0.717, 1.165) is 30.5 Å². The van der Waals surface area contributed by atoms with Gasteiger partial charge in [-0.05, 0) is 31.4 Å². The van der Waals surface area contributed by atoms with Crippen LogP contribution in [0, 0.1) is 6.57 Å². The van der Waals surface area contributed by atoms with E-state index in [-0.39, 0.29) is 5.97 Å². The lowest BCUT2D eigenvalue weighted by Crippen LogP contribution is -2.04. The third-order valence-corrected chi connectivity index (χ3v) is 3.49. The van der Waals surface area contributed by atoms with Crippen LogP contribution < -0.4 is 0 Å². The van der Waals surface area contributed by atoms with Crippen molar-refractivity contribution in [3.63, 3.8) is 0 Å². The Bertz CT molecular complexity index is 652. The van der Waals surface area contributed by atoms with Gasteiger partial charge in [-0.3, -0.25) is 4.79 Å². The largest absolute Gasteiger partial charge is 0.466 e. The highest BCUT2D eigenvalue weighted by molar-refractivity contribution is 5.84. The lowest BCUT2D eigenvalue weighted by molar-refractivity contribution is -0.143. The molecule has 0 aliphatic rings. The van der Waals surface area contributed by atoms with Gasteiger partial charge in [0.2, 0.25) is 6.54 Å². The average molecular weight is 284 g/mol. The Morgan fingerprint density at radius 3 is 2.90 bits per heavy atom. The van der Waals surface area contributed by atoms with Crippen molar-refractivity contribution in [3.05, 3.63) is 46.9 Å². The number of nitrogens with one attached hydrogen (secondary N) is 1. The summed E-state index contributed by atoms with van der Waals surface area (Å²) < 4.78 is 4.94. The fourth-order valence-electron chi connectivity index (χ4n) is 2.57. The molecule has 0 aliphatic carbocycles. The van der Waals surface area contributed by atoms with E-state index in [1.807, 2.05) is 25.1 Å². The molecule has 0 spiro atoms. The summed E-state index contributed by atoms with van der Waals surface area (Å²) in [4.78, 5) is 18.3. The Hall–Kier alpha value is -2.28. The average Bonchev–Trinajstić information content (AvgIpc) is 2.83. The quantitative estimate of drug-likeness (QED) is 0.624. The van der Waals surface area contributed by atoms with Gasteiger partial charge in [-0.15, -0.1) is 0 Å². The van der Waals surface area contributed by atoms with Crippen LogP contribution in [0.1, 0.15) is 31.0 Å². The number of fused-ring (bicyclic) bond motifs is 1. The van der Waals surface area contributed by atoms with E-state index in [1.165, 1.54) is 10.9 Å². The smallest absolute Gasteiger partial charge is 0.305 e. The van der Waals surface area contributed by atoms with Gasteiger partial charge in [0.05, 0.1) is 6.61 Å². The molecule has 2 aromatic rings. The molecule has 0 aliphatic heterocycles. The van der Waals surface area contributed by atoms with Crippen molar-refractivity contribution in [1.82, 2.24) is 4.98 Å². The van der Waals surface area contributed by atoms with Crippen molar-refractivity contribution in [3.8, 4) is 0 Å². The summed E-state index contributed by atoms with van der Waals surface area (Å²) in [5.74, 6) is -0.142. The van der Waals surface area contributed by atoms with Gasteiger partial charge >= 0.3 is 5.97 Å². The van der Waals surface area contributed by atoms with E-state index in [9.17, 15) is 4.79 Å². The minimum absolute atomic E-state index is 0.142. The van der Waals surface area contributed by atoms with Gasteiger partial charge in [0, 0.05) is 29.4 Å². The van der Waals surface area contributed by atoms with Crippen LogP contribution in [-0.4, -0.2) is 24.1 Å². The second kappa shape index (κ2) is 7.49. The van der Waals surface area contributed by atoms with E-state index in [2.05, 4.69) is 15.9 Å². The minimum atomic E-state index is -0.142. The van der Waals surface area contributed by atoms with Crippen molar-refractivity contribution in [2.24, 2.45) is 0 Å². The molecule has 0 bridgehead atoms. The van der Waals surface area contributed by atoms with Gasteiger partial charge < -0.3 is 14.6 Å². The zero-order valence-electron chi connectivity index (χ0n) is 12.3. The molecule has 1 aromatic carbocycles. The topological polar surface area (TPSA) is 46.5 Å². The summed E-state index contributed by atoms with van der Waals surface area (Å²) >= 11 is 0. The molecule has 0 fully saturated rings. The molecule has 0 saturated heterocycles. The molecule has 0 unspecified atom stereocenters. The highest BCUT2D eigenvalue weighted by Gasteiger charge is 2.12. The normalized spacial score (nSPS) is 10.5. The number of rotatable bonds is 7. The number of aromatic amines is 1. The number of carbonyl (C=O) groups excluding carboxylic acids is 1. The zero-order valence-corrected chi connectivity index (χ0v) is 12.3. The summed E-state index contributed by atoms with van der Waals surface area (Å²) in [6, 6.07) is 8.14. The lowest BCUT2D eigenvalue weighted by atomic mass is 10.0. The first kappa shape index (κ1) is 15.1. The number of nitrogens with zero attached hydrogens (tertiary/aromatic N) is 1. The van der Waals surface area contributed by atoms with E-state index in [1.54, 1.807) is 0 Å². The first-order chi connectivity index (χ1) is 10.3. The van der Waals surface area contributed by atoms with E-state index in [4.69, 9.17) is 11.3 Å². The lowest BCUT2D eigenvalue weighted by Gasteiger charge is -2.03. The fraction of sp³-hybridized carbons (Fsp3) is 0.412. The predicted molar refractivity (Wildman–Crippen MR) is 83.0 cm³/mol. The van der Waals surface area contributed by atoms with Gasteiger partial charge in [-0.1, -0.05) is 18.2 Å². The maximum Gasteiger partial charge on any atom is 0.305 e. The van der Waals surface area contributed by atoms with Gasteiger partial charge in [-0.25, -0.2) is 6.57 Å². The zero-order chi connectivity index (χ0) is 15.1. The molecule has 4 nitrogen and oxygen atoms in total. The van der Waals surface area contributed by atoms with Crippen molar-refractivity contribution >= 4 is 16.9 Å². The molecule has 110 valence electrons. The summed E-state index contributed by atoms with van der Waals surface area (Å²) in [6.07, 6.45) is 2.76. The van der Waals surface area contributed by atoms with Gasteiger partial charge in [0.25, 0.3) is 0 Å². The molecule has 1 N–H and O–H groups in total. The molecule has 2 rings (SSSR count). The number of ether oxygens (including phenoxy) is 1. The van der Waals surface area contributed by atoms with Gasteiger partial charge in [-0.2, -0.15) is 0 Å². The number of para-hydroxylation sites is 1. The molecular formula is C17H20N2O2. The SMILES string of the molecule is [C-]#[N+]CCc1c(CCCC(=O)OCC)[nH]c2ccccc12. The predicted octanol–water partition coefficient (Wildman–Crippen LogP) is 3.52. The molecule has 1 aromatic heterocycles. The second-order valence-electron chi connectivity index (χ2n) is 4.92. The number of esters is 1. The first-order valence-corrected chi connectivity index (χ1v) is 7.33. The molecule has 0 atom stereocenters.